The highest BCUT2D eigenvalue weighted by Crippen LogP contribution is 2.25. The zero-order chi connectivity index (χ0) is 12.1. The van der Waals surface area contributed by atoms with E-state index in [1.807, 2.05) is 18.3 Å². The molecule has 0 amide bonds. The normalized spacial score (nSPS) is 12.6. The van der Waals surface area contributed by atoms with Gasteiger partial charge in [-0.05, 0) is 41.1 Å². The second-order valence-corrected chi connectivity index (χ2v) is 5.77. The van der Waals surface area contributed by atoms with Crippen molar-refractivity contribution in [1.29, 1.82) is 0 Å². The Morgan fingerprint density at radius 3 is 3.00 bits per heavy atom. The smallest absolute Gasteiger partial charge is 0.0416 e. The first kappa shape index (κ1) is 12.7. The van der Waals surface area contributed by atoms with E-state index in [9.17, 15) is 0 Å². The summed E-state index contributed by atoms with van der Waals surface area (Å²) >= 11 is 5.26. The van der Waals surface area contributed by atoms with Crippen molar-refractivity contribution in [3.05, 3.63) is 50.9 Å². The van der Waals surface area contributed by atoms with Gasteiger partial charge in [0.25, 0.3) is 0 Å². The van der Waals surface area contributed by atoms with Gasteiger partial charge in [-0.25, -0.2) is 0 Å². The summed E-state index contributed by atoms with van der Waals surface area (Å²) in [7, 11) is 0. The number of pyridine rings is 1. The lowest BCUT2D eigenvalue weighted by Gasteiger charge is -2.11. The average molecular weight is 311 g/mol. The molecule has 2 nitrogen and oxygen atoms in total. The number of hydrogen-bond acceptors (Lipinski definition) is 3. The standard InChI is InChI=1S/C13H15BrN2S/c1-10(13-8-11(14)9-17-13)15-7-5-12-4-2-3-6-16-12/h2-4,6,8-10,15H,5,7H2,1H3. The quantitative estimate of drug-likeness (QED) is 0.908. The first-order chi connectivity index (χ1) is 8.25. The van der Waals surface area contributed by atoms with Gasteiger partial charge in [0.05, 0.1) is 0 Å². The molecule has 1 N–H and O–H groups in total. The molecular formula is C13H15BrN2S. The number of aromatic nitrogens is 1. The van der Waals surface area contributed by atoms with Crippen molar-refractivity contribution in [2.75, 3.05) is 6.54 Å². The summed E-state index contributed by atoms with van der Waals surface area (Å²) in [5.74, 6) is 0. The minimum atomic E-state index is 0.398. The van der Waals surface area contributed by atoms with Crippen molar-refractivity contribution in [1.82, 2.24) is 10.3 Å². The van der Waals surface area contributed by atoms with Crippen molar-refractivity contribution in [2.24, 2.45) is 0 Å². The molecule has 0 saturated heterocycles. The van der Waals surface area contributed by atoms with Crippen LogP contribution in [0.25, 0.3) is 0 Å². The van der Waals surface area contributed by atoms with E-state index in [0.717, 1.165) is 23.1 Å². The average Bonchev–Trinajstić information content (AvgIpc) is 2.77. The van der Waals surface area contributed by atoms with Crippen molar-refractivity contribution in [2.45, 2.75) is 19.4 Å². The summed E-state index contributed by atoms with van der Waals surface area (Å²) in [5.41, 5.74) is 1.14. The first-order valence-electron chi connectivity index (χ1n) is 5.63. The predicted molar refractivity (Wildman–Crippen MR) is 76.4 cm³/mol. The van der Waals surface area contributed by atoms with Gasteiger partial charge in [0.15, 0.2) is 0 Å². The topological polar surface area (TPSA) is 24.9 Å². The van der Waals surface area contributed by atoms with Crippen LogP contribution in [0.5, 0.6) is 0 Å². The van der Waals surface area contributed by atoms with Crippen LogP contribution in [0.1, 0.15) is 23.5 Å². The Morgan fingerprint density at radius 2 is 2.35 bits per heavy atom. The van der Waals surface area contributed by atoms with E-state index in [1.54, 1.807) is 11.3 Å². The largest absolute Gasteiger partial charge is 0.309 e. The maximum atomic E-state index is 4.31. The Morgan fingerprint density at radius 1 is 1.47 bits per heavy atom. The lowest BCUT2D eigenvalue weighted by Crippen LogP contribution is -2.20. The maximum absolute atomic E-state index is 4.31. The van der Waals surface area contributed by atoms with Gasteiger partial charge in [-0.2, -0.15) is 0 Å². The second kappa shape index (κ2) is 6.28. The molecule has 2 aromatic rings. The molecule has 90 valence electrons. The lowest BCUT2D eigenvalue weighted by atomic mass is 10.2. The van der Waals surface area contributed by atoms with Crippen LogP contribution < -0.4 is 5.32 Å². The first-order valence-corrected chi connectivity index (χ1v) is 7.30. The lowest BCUT2D eigenvalue weighted by molar-refractivity contribution is 0.581. The summed E-state index contributed by atoms with van der Waals surface area (Å²) in [6.07, 6.45) is 2.81. The molecule has 0 aromatic carbocycles. The van der Waals surface area contributed by atoms with Gasteiger partial charge in [-0.3, -0.25) is 4.98 Å². The minimum Gasteiger partial charge on any atom is -0.309 e. The molecule has 17 heavy (non-hydrogen) atoms. The second-order valence-electron chi connectivity index (χ2n) is 3.91. The number of nitrogens with one attached hydrogen (secondary N) is 1. The monoisotopic (exact) mass is 310 g/mol. The SMILES string of the molecule is CC(NCCc1ccccn1)c1cc(Br)cs1. The zero-order valence-corrected chi connectivity index (χ0v) is 12.1. The summed E-state index contributed by atoms with van der Waals surface area (Å²) < 4.78 is 1.16. The fourth-order valence-corrected chi connectivity index (χ4v) is 3.10. The fraction of sp³-hybridized carbons (Fsp3) is 0.308. The van der Waals surface area contributed by atoms with Gasteiger partial charge in [0.2, 0.25) is 0 Å². The van der Waals surface area contributed by atoms with Gasteiger partial charge in [-0.15, -0.1) is 11.3 Å². The Balaban J connectivity index is 1.79. The minimum absolute atomic E-state index is 0.398. The van der Waals surface area contributed by atoms with E-state index in [4.69, 9.17) is 0 Å². The molecule has 2 aromatic heterocycles. The predicted octanol–water partition coefficient (Wildman–Crippen LogP) is 3.80. The molecule has 0 aliphatic rings. The van der Waals surface area contributed by atoms with Crippen LogP contribution in [0.4, 0.5) is 0 Å². The fourth-order valence-electron chi connectivity index (χ4n) is 1.62. The van der Waals surface area contributed by atoms with Crippen molar-refractivity contribution in [3.63, 3.8) is 0 Å². The third kappa shape index (κ3) is 3.91. The highest BCUT2D eigenvalue weighted by atomic mass is 79.9. The molecular weight excluding hydrogens is 296 g/mol. The molecule has 0 spiro atoms. The van der Waals surface area contributed by atoms with Crippen molar-refractivity contribution < 1.29 is 0 Å². The van der Waals surface area contributed by atoms with Gasteiger partial charge in [0, 0.05) is 45.6 Å². The van der Waals surface area contributed by atoms with Crippen LogP contribution in [0.15, 0.2) is 40.3 Å². The summed E-state index contributed by atoms with van der Waals surface area (Å²) in [4.78, 5) is 5.67. The number of rotatable bonds is 5. The Kier molecular flexibility index (Phi) is 4.71. The van der Waals surface area contributed by atoms with Crippen molar-refractivity contribution in [3.8, 4) is 0 Å². The molecule has 4 heteroatoms. The highest BCUT2D eigenvalue weighted by Gasteiger charge is 2.06. The molecule has 0 aliphatic heterocycles. The van der Waals surface area contributed by atoms with Crippen LogP contribution >= 0.6 is 27.3 Å². The van der Waals surface area contributed by atoms with E-state index in [0.29, 0.717) is 6.04 Å². The summed E-state index contributed by atoms with van der Waals surface area (Å²) in [5, 5.41) is 5.63. The third-order valence-electron chi connectivity index (χ3n) is 2.57. The summed E-state index contributed by atoms with van der Waals surface area (Å²) in [6, 6.07) is 8.61. The molecule has 0 bridgehead atoms. The van der Waals surface area contributed by atoms with Gasteiger partial charge in [0.1, 0.15) is 0 Å². The molecule has 0 fully saturated rings. The van der Waals surface area contributed by atoms with E-state index < -0.39 is 0 Å². The molecule has 1 unspecified atom stereocenters. The van der Waals surface area contributed by atoms with E-state index in [2.05, 4.69) is 50.7 Å². The number of hydrogen-bond donors (Lipinski definition) is 1. The van der Waals surface area contributed by atoms with E-state index in [-0.39, 0.29) is 0 Å². The highest BCUT2D eigenvalue weighted by molar-refractivity contribution is 9.10. The van der Waals surface area contributed by atoms with Crippen LogP contribution in [0.2, 0.25) is 0 Å². The molecule has 0 radical (unpaired) electrons. The molecule has 2 rings (SSSR count). The summed E-state index contributed by atoms with van der Waals surface area (Å²) in [6.45, 7) is 3.14. The van der Waals surface area contributed by atoms with E-state index in [1.165, 1.54) is 4.88 Å². The molecule has 1 atom stereocenters. The van der Waals surface area contributed by atoms with Crippen molar-refractivity contribution >= 4 is 27.3 Å². The van der Waals surface area contributed by atoms with Crippen LogP contribution in [-0.2, 0) is 6.42 Å². The zero-order valence-electron chi connectivity index (χ0n) is 9.69. The Hall–Kier alpha value is -0.710. The molecule has 0 aliphatic carbocycles. The molecule has 2 heterocycles. The number of halogens is 1. The third-order valence-corrected chi connectivity index (χ3v) is 4.45. The molecule has 0 saturated carbocycles. The maximum Gasteiger partial charge on any atom is 0.0416 e. The Labute approximate surface area is 114 Å². The van der Waals surface area contributed by atoms with Crippen LogP contribution in [0.3, 0.4) is 0 Å². The van der Waals surface area contributed by atoms with Crippen LogP contribution in [-0.4, -0.2) is 11.5 Å². The number of thiophene rings is 1. The van der Waals surface area contributed by atoms with Gasteiger partial charge < -0.3 is 5.32 Å². The van der Waals surface area contributed by atoms with Crippen LogP contribution in [0, 0.1) is 0 Å². The van der Waals surface area contributed by atoms with Gasteiger partial charge in [-0.1, -0.05) is 6.07 Å². The number of nitrogens with zero attached hydrogens (tertiary/aromatic N) is 1. The van der Waals surface area contributed by atoms with Gasteiger partial charge >= 0.3 is 0 Å². The Bertz CT molecular complexity index is 455. The van der Waals surface area contributed by atoms with E-state index >= 15 is 0 Å².